The van der Waals surface area contributed by atoms with Crippen molar-refractivity contribution in [1.29, 1.82) is 0 Å². The number of amides is 4. The van der Waals surface area contributed by atoms with E-state index in [1.54, 1.807) is 4.90 Å². The molecule has 0 spiro atoms. The zero-order valence-electron chi connectivity index (χ0n) is 23.7. The Labute approximate surface area is 277 Å². The summed E-state index contributed by atoms with van der Waals surface area (Å²) in [5.74, 6) is 0.503. The van der Waals surface area contributed by atoms with Crippen molar-refractivity contribution in [2.24, 2.45) is 11.8 Å². The molecule has 43 heavy (non-hydrogen) atoms. The molecule has 0 saturated carbocycles. The summed E-state index contributed by atoms with van der Waals surface area (Å²) >= 11 is 14.8. The monoisotopic (exact) mass is 750 g/mol. The summed E-state index contributed by atoms with van der Waals surface area (Å²) in [4.78, 5) is 59.5. The molecule has 228 valence electrons. The van der Waals surface area contributed by atoms with Crippen LogP contribution < -0.4 is 0 Å². The van der Waals surface area contributed by atoms with Crippen molar-refractivity contribution < 1.29 is 19.2 Å². The summed E-state index contributed by atoms with van der Waals surface area (Å²) in [6.45, 7) is 2.35. The molecule has 1 atom stereocenters. The maximum absolute atomic E-state index is 13.4. The number of hydrogen-bond donors (Lipinski definition) is 0. The lowest BCUT2D eigenvalue weighted by Gasteiger charge is -2.38. The van der Waals surface area contributed by atoms with Gasteiger partial charge >= 0.3 is 0 Å². The van der Waals surface area contributed by atoms with Gasteiger partial charge in [0.25, 0.3) is 5.24 Å². The Morgan fingerprint density at radius 2 is 1.60 bits per heavy atom. The van der Waals surface area contributed by atoms with Crippen molar-refractivity contribution in [2.45, 2.75) is 50.9 Å². The van der Waals surface area contributed by atoms with Crippen LogP contribution >= 0.6 is 55.2 Å². The lowest BCUT2D eigenvalue weighted by atomic mass is 9.76. The number of likely N-dealkylation sites (tertiary alicyclic amines) is 2. The molecular weight excluding hydrogens is 720 g/mol. The molecule has 1 aromatic carbocycles. The van der Waals surface area contributed by atoms with Crippen LogP contribution in [0.15, 0.2) is 33.3 Å². The molecule has 1 aromatic heterocycles. The summed E-state index contributed by atoms with van der Waals surface area (Å²) < 4.78 is 2.01. The Bertz CT molecular complexity index is 1440. The van der Waals surface area contributed by atoms with Gasteiger partial charge in [-0.1, -0.05) is 39.3 Å². The van der Waals surface area contributed by atoms with Gasteiger partial charge in [-0.05, 0) is 101 Å². The van der Waals surface area contributed by atoms with Gasteiger partial charge in [0.2, 0.25) is 17.7 Å². The van der Waals surface area contributed by atoms with Gasteiger partial charge < -0.3 is 9.80 Å². The van der Waals surface area contributed by atoms with Crippen molar-refractivity contribution in [3.8, 4) is 0 Å². The maximum atomic E-state index is 13.4. The molecule has 4 amide bonds. The van der Waals surface area contributed by atoms with Crippen LogP contribution in [0.1, 0.15) is 60.4 Å². The van der Waals surface area contributed by atoms with Gasteiger partial charge in [-0.3, -0.25) is 29.1 Å². The third kappa shape index (κ3) is 6.70. The summed E-state index contributed by atoms with van der Waals surface area (Å²) in [5.41, 5.74) is 4.94. The zero-order valence-corrected chi connectivity index (χ0v) is 28.4. The SMILES string of the molecule is O=C(CC1CCN(C(=O)CN2C(=O)CSC2=O)CC1)N1CCC([C@H]2c3ncc(Br)cc3CCc3cc(Cl)cc(Br)c32)CC1. The molecule has 3 fully saturated rings. The van der Waals surface area contributed by atoms with Gasteiger partial charge in [0.15, 0.2) is 0 Å². The number of nitrogens with zero attached hydrogens (tertiary/aromatic N) is 4. The molecule has 0 unspecified atom stereocenters. The Kier molecular flexibility index (Phi) is 9.52. The van der Waals surface area contributed by atoms with Crippen LogP contribution in [0.2, 0.25) is 5.02 Å². The highest BCUT2D eigenvalue weighted by molar-refractivity contribution is 9.10. The first-order chi connectivity index (χ1) is 20.7. The quantitative estimate of drug-likeness (QED) is 0.370. The van der Waals surface area contributed by atoms with Gasteiger partial charge in [0.1, 0.15) is 6.54 Å². The fourth-order valence-corrected chi connectivity index (χ4v) is 9.27. The van der Waals surface area contributed by atoms with Crippen LogP contribution in [0.4, 0.5) is 4.79 Å². The molecule has 6 rings (SSSR count). The smallest absolute Gasteiger partial charge is 0.289 e. The van der Waals surface area contributed by atoms with E-state index in [0.29, 0.717) is 25.4 Å². The van der Waals surface area contributed by atoms with E-state index in [9.17, 15) is 19.2 Å². The van der Waals surface area contributed by atoms with E-state index in [-0.39, 0.29) is 47.1 Å². The minimum absolute atomic E-state index is 0.107. The summed E-state index contributed by atoms with van der Waals surface area (Å²) in [6, 6.07) is 6.27. The van der Waals surface area contributed by atoms with Gasteiger partial charge in [-0.15, -0.1) is 0 Å². The first-order valence-electron chi connectivity index (χ1n) is 14.8. The van der Waals surface area contributed by atoms with E-state index in [4.69, 9.17) is 16.6 Å². The number of imide groups is 1. The highest BCUT2D eigenvalue weighted by atomic mass is 79.9. The Morgan fingerprint density at radius 1 is 0.930 bits per heavy atom. The molecule has 4 heterocycles. The lowest BCUT2D eigenvalue weighted by molar-refractivity contribution is -0.138. The van der Waals surface area contributed by atoms with Crippen molar-refractivity contribution >= 4 is 78.2 Å². The van der Waals surface area contributed by atoms with Crippen molar-refractivity contribution in [3.05, 3.63) is 60.7 Å². The minimum Gasteiger partial charge on any atom is -0.343 e. The van der Waals surface area contributed by atoms with Gasteiger partial charge in [0, 0.05) is 58.7 Å². The van der Waals surface area contributed by atoms with E-state index in [2.05, 4.69) is 44.0 Å². The number of fused-ring (bicyclic) bond motifs is 2. The van der Waals surface area contributed by atoms with Gasteiger partial charge in [-0.25, -0.2) is 0 Å². The first kappa shape index (κ1) is 31.0. The predicted octanol–water partition coefficient (Wildman–Crippen LogP) is 6.05. The average Bonchev–Trinajstić information content (AvgIpc) is 3.20. The Hall–Kier alpha value is -1.95. The Morgan fingerprint density at radius 3 is 2.30 bits per heavy atom. The van der Waals surface area contributed by atoms with Crippen LogP contribution in [-0.2, 0) is 27.2 Å². The highest BCUT2D eigenvalue weighted by Gasteiger charge is 2.37. The van der Waals surface area contributed by atoms with E-state index in [1.165, 1.54) is 16.7 Å². The van der Waals surface area contributed by atoms with Gasteiger partial charge in [-0.2, -0.15) is 0 Å². The van der Waals surface area contributed by atoms with Crippen LogP contribution in [0, 0.1) is 11.8 Å². The minimum atomic E-state index is -0.351. The number of pyridine rings is 1. The number of hydrogen-bond acceptors (Lipinski definition) is 6. The standard InChI is InChI=1S/C31H33Br2ClN4O4S/c32-22-12-21-2-1-20-13-23(34)14-24(33)28(20)29(30(21)35-15-22)19-5-9-36(10-6-19)25(39)11-18-3-7-37(8-4-18)26(40)16-38-27(41)17-43-31(38)42/h12-15,18-19,29H,1-11,16-17H2/t29-/m1/s1. The highest BCUT2D eigenvalue weighted by Crippen LogP contribution is 2.46. The normalized spacial score (nSPS) is 21.6. The topological polar surface area (TPSA) is 90.9 Å². The summed E-state index contributed by atoms with van der Waals surface area (Å²) in [6.07, 6.45) is 7.50. The number of thioether (sulfide) groups is 1. The number of halogens is 3. The predicted molar refractivity (Wildman–Crippen MR) is 173 cm³/mol. The van der Waals surface area contributed by atoms with Crippen LogP contribution in [-0.4, -0.2) is 81.1 Å². The molecule has 1 aliphatic carbocycles. The molecule has 12 heteroatoms. The number of piperidine rings is 2. The molecule has 8 nitrogen and oxygen atoms in total. The second-order valence-electron chi connectivity index (χ2n) is 11.9. The molecule has 0 radical (unpaired) electrons. The van der Waals surface area contributed by atoms with Crippen molar-refractivity contribution in [3.63, 3.8) is 0 Å². The van der Waals surface area contributed by atoms with Crippen molar-refractivity contribution in [1.82, 2.24) is 19.7 Å². The number of carbonyl (C=O) groups excluding carboxylic acids is 4. The summed E-state index contributed by atoms with van der Waals surface area (Å²) in [7, 11) is 0. The molecule has 4 aliphatic rings. The molecular formula is C31H33Br2ClN4O4S. The number of benzene rings is 1. The number of aryl methyl sites for hydroxylation is 2. The fraction of sp³-hybridized carbons (Fsp3) is 0.516. The van der Waals surface area contributed by atoms with E-state index in [1.807, 2.05) is 17.2 Å². The number of carbonyl (C=O) groups is 4. The molecule has 0 N–H and O–H groups in total. The van der Waals surface area contributed by atoms with Crippen molar-refractivity contribution in [2.75, 3.05) is 38.5 Å². The summed E-state index contributed by atoms with van der Waals surface area (Å²) in [5, 5.41) is 0.382. The van der Waals surface area contributed by atoms with Crippen LogP contribution in [0.25, 0.3) is 0 Å². The molecule has 0 bridgehead atoms. The average molecular weight is 753 g/mol. The Balaban J connectivity index is 1.06. The number of aromatic nitrogens is 1. The molecule has 3 saturated heterocycles. The van der Waals surface area contributed by atoms with E-state index >= 15 is 0 Å². The third-order valence-electron chi connectivity index (χ3n) is 9.35. The van der Waals surface area contributed by atoms with E-state index < -0.39 is 0 Å². The lowest BCUT2D eigenvalue weighted by Crippen LogP contribution is -2.46. The first-order valence-corrected chi connectivity index (χ1v) is 17.8. The molecule has 3 aliphatic heterocycles. The second-order valence-corrected chi connectivity index (χ2v) is 15.0. The van der Waals surface area contributed by atoms with Crippen LogP contribution in [0.5, 0.6) is 0 Å². The molecule has 2 aromatic rings. The fourth-order valence-electron chi connectivity index (χ4n) is 7.04. The van der Waals surface area contributed by atoms with E-state index in [0.717, 1.165) is 87.9 Å². The second kappa shape index (κ2) is 13.2. The van der Waals surface area contributed by atoms with Crippen LogP contribution in [0.3, 0.4) is 0 Å². The number of rotatable bonds is 5. The zero-order chi connectivity index (χ0) is 30.2. The largest absolute Gasteiger partial charge is 0.343 e. The van der Waals surface area contributed by atoms with Gasteiger partial charge in [0.05, 0.1) is 11.4 Å². The third-order valence-corrected chi connectivity index (χ3v) is 11.5. The maximum Gasteiger partial charge on any atom is 0.289 e.